The van der Waals surface area contributed by atoms with Gasteiger partial charge in [0.2, 0.25) is 0 Å². The van der Waals surface area contributed by atoms with E-state index >= 15 is 0 Å². The van der Waals surface area contributed by atoms with Crippen LogP contribution in [0, 0.1) is 0 Å². The normalized spacial score (nSPS) is 12.0. The standard InChI is InChI=1S/C13H15N3O5/c1-20-6-4-8(13(18)19)14-12(17)10-7-9(15-16-10)11-3-2-5-21-11/h2-3,5,7-8H,4,6H2,1H3,(H,14,17)(H,15,16)(H,18,19). The largest absolute Gasteiger partial charge is 0.480 e. The van der Waals surface area contributed by atoms with E-state index in [9.17, 15) is 9.59 Å². The van der Waals surface area contributed by atoms with Crippen LogP contribution in [0.15, 0.2) is 28.9 Å². The summed E-state index contributed by atoms with van der Waals surface area (Å²) < 4.78 is 9.99. The number of furan rings is 1. The lowest BCUT2D eigenvalue weighted by Crippen LogP contribution is -2.41. The first-order chi connectivity index (χ1) is 10.1. The molecule has 2 aromatic rings. The zero-order valence-electron chi connectivity index (χ0n) is 11.3. The summed E-state index contributed by atoms with van der Waals surface area (Å²) in [6, 6.07) is 3.89. The summed E-state index contributed by atoms with van der Waals surface area (Å²) in [5.74, 6) is -1.16. The summed E-state index contributed by atoms with van der Waals surface area (Å²) >= 11 is 0. The van der Waals surface area contributed by atoms with Crippen LogP contribution in [0.2, 0.25) is 0 Å². The lowest BCUT2D eigenvalue weighted by molar-refractivity contribution is -0.139. The molecule has 0 saturated heterocycles. The Hall–Kier alpha value is -2.61. The average molecular weight is 293 g/mol. The number of aliphatic carboxylic acids is 1. The molecular formula is C13H15N3O5. The second-order valence-electron chi connectivity index (χ2n) is 4.29. The van der Waals surface area contributed by atoms with E-state index in [1.54, 1.807) is 12.1 Å². The molecule has 1 atom stereocenters. The highest BCUT2D eigenvalue weighted by Gasteiger charge is 2.22. The lowest BCUT2D eigenvalue weighted by Gasteiger charge is -2.12. The number of aromatic amines is 1. The summed E-state index contributed by atoms with van der Waals surface area (Å²) in [6.07, 6.45) is 1.67. The molecule has 8 heteroatoms. The van der Waals surface area contributed by atoms with Crippen molar-refractivity contribution in [1.29, 1.82) is 0 Å². The Labute approximate surface area is 120 Å². The number of carboxylic acids is 1. The first-order valence-electron chi connectivity index (χ1n) is 6.23. The SMILES string of the molecule is COCCC(NC(=O)c1cc(-c2ccco2)[nH]n1)C(=O)O. The van der Waals surface area contributed by atoms with Crippen molar-refractivity contribution in [1.82, 2.24) is 15.5 Å². The van der Waals surface area contributed by atoms with Gasteiger partial charge in [0.05, 0.1) is 6.26 Å². The number of nitrogens with zero attached hydrogens (tertiary/aromatic N) is 1. The summed E-state index contributed by atoms with van der Waals surface area (Å²) in [4.78, 5) is 23.0. The number of carboxylic acid groups (broad SMARTS) is 1. The molecule has 2 heterocycles. The first kappa shape index (κ1) is 14.8. The fourth-order valence-corrected chi connectivity index (χ4v) is 1.72. The van der Waals surface area contributed by atoms with Crippen LogP contribution >= 0.6 is 0 Å². The summed E-state index contributed by atoms with van der Waals surface area (Å²) in [5.41, 5.74) is 0.624. The maximum atomic E-state index is 12.0. The topological polar surface area (TPSA) is 117 Å². The number of hydrogen-bond acceptors (Lipinski definition) is 5. The Kier molecular flexibility index (Phi) is 4.72. The molecule has 21 heavy (non-hydrogen) atoms. The molecule has 0 aliphatic heterocycles. The van der Waals surface area contributed by atoms with E-state index < -0.39 is 17.9 Å². The zero-order chi connectivity index (χ0) is 15.2. The Morgan fingerprint density at radius 2 is 2.38 bits per heavy atom. The quantitative estimate of drug-likeness (QED) is 0.697. The number of rotatable bonds is 7. The van der Waals surface area contributed by atoms with Crippen molar-refractivity contribution in [3.8, 4) is 11.5 Å². The third-order valence-electron chi connectivity index (χ3n) is 2.81. The van der Waals surface area contributed by atoms with Crippen molar-refractivity contribution in [2.45, 2.75) is 12.5 Å². The van der Waals surface area contributed by atoms with Crippen molar-refractivity contribution in [3.05, 3.63) is 30.2 Å². The van der Waals surface area contributed by atoms with Crippen LogP contribution in [0.25, 0.3) is 11.5 Å². The molecule has 0 aliphatic rings. The highest BCUT2D eigenvalue weighted by molar-refractivity contribution is 5.95. The third kappa shape index (κ3) is 3.69. The van der Waals surface area contributed by atoms with E-state index in [-0.39, 0.29) is 18.7 Å². The summed E-state index contributed by atoms with van der Waals surface area (Å²) in [6.45, 7) is 0.232. The van der Waals surface area contributed by atoms with Crippen molar-refractivity contribution in [2.24, 2.45) is 0 Å². The van der Waals surface area contributed by atoms with Gasteiger partial charge in [0.25, 0.3) is 5.91 Å². The van der Waals surface area contributed by atoms with E-state index in [1.165, 1.54) is 19.4 Å². The molecule has 3 N–H and O–H groups in total. The number of nitrogens with one attached hydrogen (secondary N) is 2. The van der Waals surface area contributed by atoms with Crippen LogP contribution in [0.4, 0.5) is 0 Å². The summed E-state index contributed by atoms with van der Waals surface area (Å²) in [7, 11) is 1.46. The molecule has 2 aromatic heterocycles. The van der Waals surface area contributed by atoms with Gasteiger partial charge in [-0.1, -0.05) is 0 Å². The van der Waals surface area contributed by atoms with Gasteiger partial charge in [0.15, 0.2) is 11.5 Å². The maximum absolute atomic E-state index is 12.0. The molecule has 1 unspecified atom stereocenters. The Balaban J connectivity index is 2.04. The fourth-order valence-electron chi connectivity index (χ4n) is 1.72. The fraction of sp³-hybridized carbons (Fsp3) is 0.308. The number of aromatic nitrogens is 2. The van der Waals surface area contributed by atoms with E-state index in [0.29, 0.717) is 11.5 Å². The van der Waals surface area contributed by atoms with Gasteiger partial charge in [-0.15, -0.1) is 0 Å². The van der Waals surface area contributed by atoms with E-state index in [4.69, 9.17) is 14.3 Å². The zero-order valence-corrected chi connectivity index (χ0v) is 11.3. The lowest BCUT2D eigenvalue weighted by atomic mass is 10.2. The second kappa shape index (κ2) is 6.71. The predicted molar refractivity (Wildman–Crippen MR) is 71.7 cm³/mol. The Morgan fingerprint density at radius 3 is 3.00 bits per heavy atom. The molecule has 1 amide bonds. The molecule has 0 radical (unpaired) electrons. The highest BCUT2D eigenvalue weighted by Crippen LogP contribution is 2.17. The van der Waals surface area contributed by atoms with Crippen LogP contribution in [0.1, 0.15) is 16.9 Å². The van der Waals surface area contributed by atoms with Gasteiger partial charge in [0, 0.05) is 26.2 Å². The number of carbonyl (C=O) groups is 2. The van der Waals surface area contributed by atoms with Gasteiger partial charge in [-0.05, 0) is 12.1 Å². The maximum Gasteiger partial charge on any atom is 0.326 e. The number of carbonyl (C=O) groups excluding carboxylic acids is 1. The Morgan fingerprint density at radius 1 is 1.57 bits per heavy atom. The smallest absolute Gasteiger partial charge is 0.326 e. The molecule has 2 rings (SSSR count). The third-order valence-corrected chi connectivity index (χ3v) is 2.81. The van der Waals surface area contributed by atoms with Crippen molar-refractivity contribution < 1.29 is 23.8 Å². The summed E-state index contributed by atoms with van der Waals surface area (Å²) in [5, 5.41) is 17.9. The average Bonchev–Trinajstić information content (AvgIpc) is 3.12. The minimum atomic E-state index is -1.12. The molecule has 8 nitrogen and oxygen atoms in total. The highest BCUT2D eigenvalue weighted by atomic mass is 16.5. The van der Waals surface area contributed by atoms with Crippen LogP contribution in [-0.2, 0) is 9.53 Å². The molecule has 0 aliphatic carbocycles. The van der Waals surface area contributed by atoms with Gasteiger partial charge in [0.1, 0.15) is 11.7 Å². The van der Waals surface area contributed by atoms with E-state index in [1.807, 2.05) is 0 Å². The molecule has 0 aromatic carbocycles. The molecule has 0 fully saturated rings. The van der Waals surface area contributed by atoms with Crippen molar-refractivity contribution in [2.75, 3.05) is 13.7 Å². The minimum absolute atomic E-state index is 0.0880. The van der Waals surface area contributed by atoms with Gasteiger partial charge < -0.3 is 19.6 Å². The van der Waals surface area contributed by atoms with Crippen molar-refractivity contribution in [3.63, 3.8) is 0 Å². The first-order valence-corrected chi connectivity index (χ1v) is 6.23. The van der Waals surface area contributed by atoms with Crippen LogP contribution in [0.5, 0.6) is 0 Å². The molecule has 112 valence electrons. The molecule has 0 bridgehead atoms. The Bertz CT molecular complexity index is 605. The number of ether oxygens (including phenoxy) is 1. The number of methoxy groups -OCH3 is 1. The van der Waals surface area contributed by atoms with Gasteiger partial charge in [-0.25, -0.2) is 4.79 Å². The van der Waals surface area contributed by atoms with Gasteiger partial charge >= 0.3 is 5.97 Å². The van der Waals surface area contributed by atoms with Crippen LogP contribution in [-0.4, -0.2) is 46.9 Å². The van der Waals surface area contributed by atoms with Gasteiger partial charge in [-0.3, -0.25) is 9.89 Å². The molecule has 0 saturated carbocycles. The molecular weight excluding hydrogens is 278 g/mol. The number of amides is 1. The van der Waals surface area contributed by atoms with Gasteiger partial charge in [-0.2, -0.15) is 5.10 Å². The predicted octanol–water partition coefficient (Wildman–Crippen LogP) is 0.889. The van der Waals surface area contributed by atoms with E-state index in [0.717, 1.165) is 0 Å². The number of H-pyrrole nitrogens is 1. The minimum Gasteiger partial charge on any atom is -0.480 e. The molecule has 0 spiro atoms. The van der Waals surface area contributed by atoms with E-state index in [2.05, 4.69) is 15.5 Å². The monoisotopic (exact) mass is 293 g/mol. The second-order valence-corrected chi connectivity index (χ2v) is 4.29. The van der Waals surface area contributed by atoms with Crippen LogP contribution < -0.4 is 5.32 Å². The number of hydrogen-bond donors (Lipinski definition) is 3. The van der Waals surface area contributed by atoms with Crippen molar-refractivity contribution >= 4 is 11.9 Å². The van der Waals surface area contributed by atoms with Crippen LogP contribution in [0.3, 0.4) is 0 Å².